The van der Waals surface area contributed by atoms with Crippen LogP contribution in [0.2, 0.25) is 0 Å². The van der Waals surface area contributed by atoms with Crippen molar-refractivity contribution in [2.45, 2.75) is 26.2 Å². The third-order valence-electron chi connectivity index (χ3n) is 5.39. The number of benzene rings is 2. The molecule has 0 radical (unpaired) electrons. The molecule has 0 unspecified atom stereocenters. The van der Waals surface area contributed by atoms with Crippen LogP contribution in [0.15, 0.2) is 42.5 Å². The highest BCUT2D eigenvalue weighted by Gasteiger charge is 2.23. The fourth-order valence-corrected chi connectivity index (χ4v) is 3.84. The Kier molecular flexibility index (Phi) is 6.14. The second kappa shape index (κ2) is 9.13. The molecule has 6 heteroatoms. The monoisotopic (exact) mass is 405 g/mol. The first-order chi connectivity index (χ1) is 14.7. The van der Waals surface area contributed by atoms with Crippen molar-refractivity contribution in [2.24, 2.45) is 0 Å². The van der Waals surface area contributed by atoms with Gasteiger partial charge in [-0.15, -0.1) is 0 Å². The molecule has 0 aliphatic heterocycles. The lowest BCUT2D eigenvalue weighted by molar-refractivity contribution is 0.0915. The van der Waals surface area contributed by atoms with Gasteiger partial charge < -0.3 is 14.8 Å². The van der Waals surface area contributed by atoms with E-state index in [-0.39, 0.29) is 5.91 Å². The lowest BCUT2D eigenvalue weighted by Gasteiger charge is -2.17. The summed E-state index contributed by atoms with van der Waals surface area (Å²) in [6.07, 6.45) is 2.85. The minimum absolute atomic E-state index is 0.0893. The van der Waals surface area contributed by atoms with E-state index in [2.05, 4.69) is 34.6 Å². The largest absolute Gasteiger partial charge is 0.497 e. The van der Waals surface area contributed by atoms with E-state index in [0.29, 0.717) is 18.7 Å². The predicted molar refractivity (Wildman–Crippen MR) is 117 cm³/mol. The molecule has 1 aliphatic carbocycles. The first-order valence-electron chi connectivity index (χ1n) is 10.4. The molecule has 0 saturated carbocycles. The van der Waals surface area contributed by atoms with Gasteiger partial charge in [0.15, 0.2) is 0 Å². The number of H-pyrrole nitrogens is 1. The number of fused-ring (bicyclic) bond motifs is 3. The van der Waals surface area contributed by atoms with Crippen LogP contribution in [0, 0.1) is 0 Å². The quantitative estimate of drug-likeness (QED) is 0.555. The molecule has 1 aromatic heterocycles. The van der Waals surface area contributed by atoms with Crippen LogP contribution in [0.25, 0.3) is 22.5 Å². The molecule has 1 heterocycles. The average molecular weight is 405 g/mol. The van der Waals surface area contributed by atoms with Crippen molar-refractivity contribution in [3.8, 4) is 28.3 Å². The van der Waals surface area contributed by atoms with Crippen LogP contribution in [0.1, 0.15) is 34.8 Å². The maximum Gasteiger partial charge on any atom is 0.251 e. The Hall–Kier alpha value is -3.12. The zero-order chi connectivity index (χ0) is 20.9. The zero-order valence-electron chi connectivity index (χ0n) is 17.5. The molecule has 156 valence electrons. The van der Waals surface area contributed by atoms with Crippen LogP contribution >= 0.6 is 0 Å². The second-order valence-corrected chi connectivity index (χ2v) is 7.39. The van der Waals surface area contributed by atoms with Crippen molar-refractivity contribution in [2.75, 3.05) is 26.9 Å². The van der Waals surface area contributed by atoms with Gasteiger partial charge >= 0.3 is 0 Å². The second-order valence-electron chi connectivity index (χ2n) is 7.39. The average Bonchev–Trinajstić information content (AvgIpc) is 3.23. The summed E-state index contributed by atoms with van der Waals surface area (Å²) in [6.45, 7) is 3.82. The minimum atomic E-state index is -0.0893. The van der Waals surface area contributed by atoms with Crippen molar-refractivity contribution in [1.29, 1.82) is 0 Å². The van der Waals surface area contributed by atoms with Crippen LogP contribution in [0.5, 0.6) is 5.75 Å². The molecule has 0 atom stereocenters. The Labute approximate surface area is 176 Å². The van der Waals surface area contributed by atoms with Crippen LogP contribution < -0.4 is 10.1 Å². The summed E-state index contributed by atoms with van der Waals surface area (Å²) in [6, 6.07) is 13.8. The van der Waals surface area contributed by atoms with Crippen LogP contribution in [-0.4, -0.2) is 43.0 Å². The van der Waals surface area contributed by atoms with Crippen LogP contribution in [0.3, 0.4) is 0 Å². The van der Waals surface area contributed by atoms with Gasteiger partial charge in [0.05, 0.1) is 25.1 Å². The number of methoxy groups -OCH3 is 1. The predicted octanol–water partition coefficient (Wildman–Crippen LogP) is 4.01. The molecular weight excluding hydrogens is 378 g/mol. The number of carbonyl (C=O) groups excluding carboxylic acids is 1. The molecule has 2 N–H and O–H groups in total. The van der Waals surface area contributed by atoms with Gasteiger partial charge in [0.1, 0.15) is 5.75 Å². The molecule has 0 bridgehead atoms. The fourth-order valence-electron chi connectivity index (χ4n) is 3.84. The summed E-state index contributed by atoms with van der Waals surface area (Å²) in [5.41, 5.74) is 7.33. The van der Waals surface area contributed by atoms with E-state index in [9.17, 15) is 4.79 Å². The molecular formula is C24H27N3O3. The highest BCUT2D eigenvalue weighted by atomic mass is 16.5. The number of ether oxygens (including phenoxy) is 2. The van der Waals surface area contributed by atoms with Gasteiger partial charge in [0.2, 0.25) is 0 Å². The number of rotatable bonds is 8. The van der Waals surface area contributed by atoms with Gasteiger partial charge in [-0.25, -0.2) is 0 Å². The third-order valence-corrected chi connectivity index (χ3v) is 5.39. The van der Waals surface area contributed by atoms with Gasteiger partial charge in [0, 0.05) is 35.4 Å². The highest BCUT2D eigenvalue weighted by molar-refractivity contribution is 5.94. The summed E-state index contributed by atoms with van der Waals surface area (Å²) in [5, 5.41) is 10.7. The number of nitrogens with zero attached hydrogens (tertiary/aromatic N) is 1. The van der Waals surface area contributed by atoms with Gasteiger partial charge in [-0.2, -0.15) is 5.10 Å². The SMILES string of the molecule is CCCOCCNC(=O)c1ccc(-c2n[nH]c3c2CCc2cc(OC)ccc2-3)cc1. The van der Waals surface area contributed by atoms with Crippen molar-refractivity contribution < 1.29 is 14.3 Å². The first-order valence-corrected chi connectivity index (χ1v) is 10.4. The number of hydrogen-bond donors (Lipinski definition) is 2. The molecule has 30 heavy (non-hydrogen) atoms. The lowest BCUT2D eigenvalue weighted by Crippen LogP contribution is -2.27. The number of hydrogen-bond acceptors (Lipinski definition) is 4. The summed E-state index contributed by atoms with van der Waals surface area (Å²) in [7, 11) is 1.69. The molecule has 0 saturated heterocycles. The summed E-state index contributed by atoms with van der Waals surface area (Å²) in [4.78, 5) is 12.3. The van der Waals surface area contributed by atoms with Crippen molar-refractivity contribution >= 4 is 5.91 Å². The van der Waals surface area contributed by atoms with E-state index in [1.165, 1.54) is 16.7 Å². The molecule has 1 amide bonds. The molecule has 0 spiro atoms. The van der Waals surface area contributed by atoms with Crippen molar-refractivity contribution in [1.82, 2.24) is 15.5 Å². The van der Waals surface area contributed by atoms with Gasteiger partial charge in [0.25, 0.3) is 5.91 Å². The Morgan fingerprint density at radius 2 is 1.97 bits per heavy atom. The van der Waals surface area contributed by atoms with Gasteiger partial charge in [-0.3, -0.25) is 9.89 Å². The van der Waals surface area contributed by atoms with E-state index in [1.807, 2.05) is 30.3 Å². The smallest absolute Gasteiger partial charge is 0.251 e. The highest BCUT2D eigenvalue weighted by Crippen LogP contribution is 2.38. The maximum absolute atomic E-state index is 12.3. The summed E-state index contributed by atoms with van der Waals surface area (Å²) in [5.74, 6) is 0.788. The number of nitrogens with one attached hydrogen (secondary N) is 2. The van der Waals surface area contributed by atoms with Crippen molar-refractivity contribution in [3.05, 3.63) is 59.2 Å². The van der Waals surface area contributed by atoms with Crippen LogP contribution in [-0.2, 0) is 17.6 Å². The molecule has 6 nitrogen and oxygen atoms in total. The summed E-state index contributed by atoms with van der Waals surface area (Å²) < 4.78 is 10.7. The van der Waals surface area contributed by atoms with E-state index in [4.69, 9.17) is 9.47 Å². The Morgan fingerprint density at radius 1 is 1.13 bits per heavy atom. The standard InChI is InChI=1S/C24H27N3O3/c1-3-13-30-14-12-25-24(28)17-6-4-16(5-7-17)22-21-10-8-18-15-19(29-2)9-11-20(18)23(21)27-26-22/h4-7,9,11,15H,3,8,10,12-14H2,1-2H3,(H,25,28)(H,26,27). The van der Waals surface area contributed by atoms with Gasteiger partial charge in [-0.1, -0.05) is 19.1 Å². The Bertz CT molecular complexity index is 1020. The number of amides is 1. The fraction of sp³-hybridized carbons (Fsp3) is 0.333. The number of aromatic amines is 1. The molecule has 1 aliphatic rings. The van der Waals surface area contributed by atoms with E-state index in [1.54, 1.807) is 7.11 Å². The number of aromatic nitrogens is 2. The number of aryl methyl sites for hydroxylation is 1. The first kappa shape index (κ1) is 20.2. The Balaban J connectivity index is 1.48. The normalized spacial score (nSPS) is 12.2. The lowest BCUT2D eigenvalue weighted by atomic mass is 9.87. The van der Waals surface area contributed by atoms with E-state index >= 15 is 0 Å². The van der Waals surface area contributed by atoms with Crippen molar-refractivity contribution in [3.63, 3.8) is 0 Å². The third kappa shape index (κ3) is 4.09. The van der Waals surface area contributed by atoms with E-state index < -0.39 is 0 Å². The molecule has 3 aromatic rings. The van der Waals surface area contributed by atoms with Gasteiger partial charge in [-0.05, 0) is 55.2 Å². The maximum atomic E-state index is 12.3. The van der Waals surface area contributed by atoms with E-state index in [0.717, 1.165) is 48.6 Å². The molecule has 0 fully saturated rings. The zero-order valence-corrected chi connectivity index (χ0v) is 17.5. The molecule has 4 rings (SSSR count). The minimum Gasteiger partial charge on any atom is -0.497 e. The summed E-state index contributed by atoms with van der Waals surface area (Å²) >= 11 is 0. The number of carbonyl (C=O) groups is 1. The Morgan fingerprint density at radius 3 is 2.73 bits per heavy atom. The topological polar surface area (TPSA) is 76.2 Å². The molecule has 2 aromatic carbocycles. The van der Waals surface area contributed by atoms with Crippen LogP contribution in [0.4, 0.5) is 0 Å².